The molecule has 0 spiro atoms. The smallest absolute Gasteiger partial charge is 0.332 e. The van der Waals surface area contributed by atoms with Crippen LogP contribution in [0.2, 0.25) is 0 Å². The Labute approximate surface area is 128 Å². The number of aliphatic carboxylic acids is 1. The van der Waals surface area contributed by atoms with Gasteiger partial charge in [-0.2, -0.15) is 0 Å². The van der Waals surface area contributed by atoms with Crippen LogP contribution in [0.5, 0.6) is 0 Å². The Morgan fingerprint density at radius 3 is 2.32 bits per heavy atom. The van der Waals surface area contributed by atoms with Gasteiger partial charge >= 0.3 is 5.97 Å². The molecule has 110 valence electrons. The molecule has 0 bridgehead atoms. The van der Waals surface area contributed by atoms with Crippen LogP contribution in [0.1, 0.15) is 23.1 Å². The fraction of sp³-hybridized carbons (Fsp3) is 0.158. The average molecular weight is 292 g/mol. The second-order valence-electron chi connectivity index (χ2n) is 5.47. The summed E-state index contributed by atoms with van der Waals surface area (Å²) in [6, 6.07) is 17.1. The van der Waals surface area contributed by atoms with Crippen LogP contribution in [0, 0.1) is 0 Å². The molecule has 0 atom stereocenters. The second kappa shape index (κ2) is 5.98. The van der Waals surface area contributed by atoms with Gasteiger partial charge in [-0.25, -0.2) is 4.79 Å². The van der Waals surface area contributed by atoms with Crippen molar-refractivity contribution in [2.45, 2.75) is 19.3 Å². The summed E-state index contributed by atoms with van der Waals surface area (Å²) < 4.78 is 0. The molecule has 3 nitrogen and oxygen atoms in total. The minimum absolute atomic E-state index is 0.0386. The first-order chi connectivity index (χ1) is 10.6. The molecule has 0 unspecified atom stereocenters. The molecule has 3 heteroatoms. The van der Waals surface area contributed by atoms with E-state index in [2.05, 4.69) is 0 Å². The zero-order valence-electron chi connectivity index (χ0n) is 12.1. The summed E-state index contributed by atoms with van der Waals surface area (Å²) in [5.74, 6) is -0.893. The first kappa shape index (κ1) is 14.3. The fourth-order valence-electron chi connectivity index (χ4n) is 2.92. The standard InChI is InChI=1S/C19H16O3/c20-15(10-13-6-2-1-3-7-13)12-17-16-9-5-4-8-14(16)11-18(17)19(21)22/h1-9H,10-12H2,(H,21,22). The molecule has 1 aliphatic rings. The monoisotopic (exact) mass is 292 g/mol. The molecule has 3 rings (SSSR count). The molecule has 0 fully saturated rings. The summed E-state index contributed by atoms with van der Waals surface area (Å²) in [6.45, 7) is 0. The predicted molar refractivity (Wildman–Crippen MR) is 84.5 cm³/mol. The van der Waals surface area contributed by atoms with Gasteiger partial charge in [0.2, 0.25) is 0 Å². The van der Waals surface area contributed by atoms with E-state index in [9.17, 15) is 14.7 Å². The Morgan fingerprint density at radius 2 is 1.59 bits per heavy atom. The first-order valence-corrected chi connectivity index (χ1v) is 7.24. The van der Waals surface area contributed by atoms with Crippen molar-refractivity contribution in [2.75, 3.05) is 0 Å². The Morgan fingerprint density at radius 1 is 0.909 bits per heavy atom. The Balaban J connectivity index is 1.84. The maximum Gasteiger partial charge on any atom is 0.332 e. The third kappa shape index (κ3) is 2.84. The lowest BCUT2D eigenvalue weighted by molar-refractivity contribution is -0.132. The topological polar surface area (TPSA) is 54.4 Å². The SMILES string of the molecule is O=C(CC1=C(C(=O)O)Cc2ccccc21)Cc1ccccc1. The van der Waals surface area contributed by atoms with Crippen LogP contribution in [-0.4, -0.2) is 16.9 Å². The second-order valence-corrected chi connectivity index (χ2v) is 5.47. The number of benzene rings is 2. The van der Waals surface area contributed by atoms with Crippen LogP contribution >= 0.6 is 0 Å². The summed E-state index contributed by atoms with van der Waals surface area (Å²) in [7, 11) is 0. The molecule has 0 aromatic heterocycles. The summed E-state index contributed by atoms with van der Waals surface area (Å²) in [4.78, 5) is 23.8. The van der Waals surface area contributed by atoms with Crippen molar-refractivity contribution in [3.63, 3.8) is 0 Å². The third-order valence-corrected chi connectivity index (χ3v) is 3.95. The summed E-state index contributed by atoms with van der Waals surface area (Å²) >= 11 is 0. The number of carbonyl (C=O) groups excluding carboxylic acids is 1. The molecule has 0 aliphatic heterocycles. The number of ketones is 1. The van der Waals surface area contributed by atoms with Crippen LogP contribution in [0.15, 0.2) is 60.2 Å². The van der Waals surface area contributed by atoms with Crippen molar-refractivity contribution < 1.29 is 14.7 Å². The first-order valence-electron chi connectivity index (χ1n) is 7.24. The molecule has 0 radical (unpaired) electrons. The maximum absolute atomic E-state index is 12.3. The van der Waals surface area contributed by atoms with E-state index in [1.807, 2.05) is 54.6 Å². The van der Waals surface area contributed by atoms with Crippen molar-refractivity contribution in [3.05, 3.63) is 76.9 Å². The molecule has 1 N–H and O–H groups in total. The minimum atomic E-state index is -0.932. The van der Waals surface area contributed by atoms with Crippen molar-refractivity contribution in [1.82, 2.24) is 0 Å². The van der Waals surface area contributed by atoms with Crippen LogP contribution in [0.4, 0.5) is 0 Å². The highest BCUT2D eigenvalue weighted by Crippen LogP contribution is 2.35. The zero-order valence-corrected chi connectivity index (χ0v) is 12.1. The molecule has 0 amide bonds. The van der Waals surface area contributed by atoms with E-state index in [-0.39, 0.29) is 12.2 Å². The van der Waals surface area contributed by atoms with Crippen LogP contribution < -0.4 is 0 Å². The predicted octanol–water partition coefficient (Wildman–Crippen LogP) is 3.28. The quantitative estimate of drug-likeness (QED) is 0.920. The molecule has 0 saturated heterocycles. The molecule has 2 aromatic rings. The number of fused-ring (bicyclic) bond motifs is 1. The highest BCUT2D eigenvalue weighted by Gasteiger charge is 2.26. The van der Waals surface area contributed by atoms with Gasteiger partial charge in [0.05, 0.1) is 0 Å². The Bertz CT molecular complexity index is 757. The van der Waals surface area contributed by atoms with Gasteiger partial charge in [0.1, 0.15) is 5.78 Å². The Hall–Kier alpha value is -2.68. The van der Waals surface area contributed by atoms with Crippen molar-refractivity contribution in [3.8, 4) is 0 Å². The minimum Gasteiger partial charge on any atom is -0.478 e. The van der Waals surface area contributed by atoms with E-state index in [0.29, 0.717) is 24.0 Å². The lowest BCUT2D eigenvalue weighted by Gasteiger charge is -2.06. The van der Waals surface area contributed by atoms with Gasteiger partial charge in [-0.05, 0) is 22.3 Å². The van der Waals surface area contributed by atoms with Crippen molar-refractivity contribution >= 4 is 17.3 Å². The van der Waals surface area contributed by atoms with Gasteiger partial charge in [0.25, 0.3) is 0 Å². The lowest BCUT2D eigenvalue weighted by Crippen LogP contribution is -2.07. The van der Waals surface area contributed by atoms with E-state index in [1.54, 1.807) is 0 Å². The third-order valence-electron chi connectivity index (χ3n) is 3.95. The lowest BCUT2D eigenvalue weighted by atomic mass is 9.97. The fourth-order valence-corrected chi connectivity index (χ4v) is 2.92. The van der Waals surface area contributed by atoms with Gasteiger partial charge in [0, 0.05) is 24.8 Å². The molecule has 22 heavy (non-hydrogen) atoms. The molecular weight excluding hydrogens is 276 g/mol. The normalized spacial score (nSPS) is 13.1. The van der Waals surface area contributed by atoms with Gasteiger partial charge in [-0.15, -0.1) is 0 Å². The number of allylic oxidation sites excluding steroid dienone is 1. The van der Waals surface area contributed by atoms with Gasteiger partial charge in [0.15, 0.2) is 0 Å². The van der Waals surface area contributed by atoms with E-state index in [0.717, 1.165) is 16.7 Å². The van der Waals surface area contributed by atoms with E-state index in [4.69, 9.17) is 0 Å². The van der Waals surface area contributed by atoms with Gasteiger partial charge in [-0.3, -0.25) is 4.79 Å². The number of hydrogen-bond acceptors (Lipinski definition) is 2. The summed E-state index contributed by atoms with van der Waals surface area (Å²) in [5, 5.41) is 9.39. The molecule has 0 heterocycles. The molecule has 2 aromatic carbocycles. The highest BCUT2D eigenvalue weighted by molar-refractivity contribution is 6.04. The van der Waals surface area contributed by atoms with E-state index in [1.165, 1.54) is 0 Å². The van der Waals surface area contributed by atoms with E-state index < -0.39 is 5.97 Å². The average Bonchev–Trinajstić information content (AvgIpc) is 2.87. The van der Waals surface area contributed by atoms with E-state index >= 15 is 0 Å². The number of hydrogen-bond donors (Lipinski definition) is 1. The Kier molecular flexibility index (Phi) is 3.88. The summed E-state index contributed by atoms with van der Waals surface area (Å²) in [6.07, 6.45) is 0.909. The van der Waals surface area contributed by atoms with Crippen LogP contribution in [-0.2, 0) is 22.4 Å². The molecule has 0 saturated carbocycles. The van der Waals surface area contributed by atoms with Crippen LogP contribution in [0.3, 0.4) is 0 Å². The van der Waals surface area contributed by atoms with Gasteiger partial charge < -0.3 is 5.11 Å². The van der Waals surface area contributed by atoms with Gasteiger partial charge in [-0.1, -0.05) is 54.6 Å². The van der Waals surface area contributed by atoms with Crippen molar-refractivity contribution in [1.29, 1.82) is 0 Å². The largest absolute Gasteiger partial charge is 0.478 e. The number of rotatable bonds is 5. The number of carbonyl (C=O) groups is 2. The molecular formula is C19H16O3. The number of carboxylic acids is 1. The molecule has 1 aliphatic carbocycles. The number of carboxylic acid groups (broad SMARTS) is 1. The zero-order chi connectivity index (χ0) is 15.5. The van der Waals surface area contributed by atoms with Crippen LogP contribution in [0.25, 0.3) is 5.57 Å². The summed E-state index contributed by atoms with van der Waals surface area (Å²) in [5.41, 5.74) is 3.87. The highest BCUT2D eigenvalue weighted by atomic mass is 16.4. The maximum atomic E-state index is 12.3. The van der Waals surface area contributed by atoms with Crippen molar-refractivity contribution in [2.24, 2.45) is 0 Å². The number of Topliss-reactive ketones (excluding diaryl/α,β-unsaturated/α-hetero) is 1.